The zero-order chi connectivity index (χ0) is 9.26. The zero-order valence-corrected chi connectivity index (χ0v) is 7.87. The summed E-state index contributed by atoms with van der Waals surface area (Å²) in [5, 5.41) is 1.17. The Morgan fingerprint density at radius 1 is 1.23 bits per heavy atom. The average molecular weight is 172 g/mol. The maximum Gasteiger partial charge on any atom is 0.134 e. The predicted molar refractivity (Wildman–Crippen MR) is 55.7 cm³/mol. The monoisotopic (exact) mass is 172 g/mol. The molecule has 1 aromatic heterocycles. The van der Waals surface area contributed by atoms with E-state index in [1.54, 1.807) is 0 Å². The van der Waals surface area contributed by atoms with Gasteiger partial charge in [0.1, 0.15) is 11.3 Å². The second-order valence-corrected chi connectivity index (χ2v) is 3.19. The Hall–Kier alpha value is -1.50. The van der Waals surface area contributed by atoms with Gasteiger partial charge in [-0.15, -0.1) is 0 Å². The number of aryl methyl sites for hydroxylation is 1. The van der Waals surface area contributed by atoms with E-state index in [4.69, 9.17) is 4.42 Å². The predicted octanol–water partition coefficient (Wildman–Crippen LogP) is 3.77. The van der Waals surface area contributed by atoms with E-state index in [-0.39, 0.29) is 0 Å². The fourth-order valence-corrected chi connectivity index (χ4v) is 1.43. The van der Waals surface area contributed by atoms with Crippen molar-refractivity contribution in [2.75, 3.05) is 0 Å². The standard InChI is InChI=1S/C12H12O/c1-3-4-11-8-10-7-9(2)5-6-12(10)13-11/h3-8H,1-2H3/b4-3+. The van der Waals surface area contributed by atoms with Crippen molar-refractivity contribution in [3.63, 3.8) is 0 Å². The van der Waals surface area contributed by atoms with Crippen molar-refractivity contribution in [2.24, 2.45) is 0 Å². The first-order valence-electron chi connectivity index (χ1n) is 4.42. The summed E-state index contributed by atoms with van der Waals surface area (Å²) in [4.78, 5) is 0. The molecule has 0 aliphatic heterocycles. The quantitative estimate of drug-likeness (QED) is 0.638. The molecule has 0 bridgehead atoms. The third kappa shape index (κ3) is 1.50. The highest BCUT2D eigenvalue weighted by Gasteiger charge is 1.99. The molecule has 1 aromatic carbocycles. The van der Waals surface area contributed by atoms with Gasteiger partial charge in [0, 0.05) is 5.39 Å². The van der Waals surface area contributed by atoms with Crippen LogP contribution in [-0.4, -0.2) is 0 Å². The molecule has 13 heavy (non-hydrogen) atoms. The zero-order valence-electron chi connectivity index (χ0n) is 7.87. The Bertz CT molecular complexity index is 449. The maximum atomic E-state index is 5.58. The van der Waals surface area contributed by atoms with Crippen LogP contribution in [0.2, 0.25) is 0 Å². The minimum atomic E-state index is 0.920. The molecule has 66 valence electrons. The van der Waals surface area contributed by atoms with Gasteiger partial charge in [-0.1, -0.05) is 17.7 Å². The van der Waals surface area contributed by atoms with Crippen molar-refractivity contribution in [1.82, 2.24) is 0 Å². The number of fused-ring (bicyclic) bond motifs is 1. The lowest BCUT2D eigenvalue weighted by atomic mass is 10.2. The first kappa shape index (κ1) is 8.11. The second-order valence-electron chi connectivity index (χ2n) is 3.19. The Kier molecular flexibility index (Phi) is 1.93. The first-order chi connectivity index (χ1) is 6.29. The molecule has 1 heterocycles. The van der Waals surface area contributed by atoms with Gasteiger partial charge in [-0.25, -0.2) is 0 Å². The number of furan rings is 1. The molecule has 0 atom stereocenters. The first-order valence-corrected chi connectivity index (χ1v) is 4.42. The molecule has 2 aromatic rings. The fraction of sp³-hybridized carbons (Fsp3) is 0.167. The summed E-state index contributed by atoms with van der Waals surface area (Å²) >= 11 is 0. The lowest BCUT2D eigenvalue weighted by molar-refractivity contribution is 0.604. The molecule has 0 aliphatic carbocycles. The number of hydrogen-bond donors (Lipinski definition) is 0. The number of hydrogen-bond acceptors (Lipinski definition) is 1. The minimum absolute atomic E-state index is 0.920. The molecular formula is C12H12O. The Morgan fingerprint density at radius 2 is 2.08 bits per heavy atom. The van der Waals surface area contributed by atoms with Crippen LogP contribution in [0.4, 0.5) is 0 Å². The maximum absolute atomic E-state index is 5.58. The van der Waals surface area contributed by atoms with Gasteiger partial charge < -0.3 is 4.42 Å². The number of benzene rings is 1. The number of rotatable bonds is 1. The molecule has 1 heteroatoms. The fourth-order valence-electron chi connectivity index (χ4n) is 1.43. The van der Waals surface area contributed by atoms with Crippen molar-refractivity contribution in [3.8, 4) is 0 Å². The molecule has 0 fully saturated rings. The average Bonchev–Trinajstić information content (AvgIpc) is 2.46. The van der Waals surface area contributed by atoms with Gasteiger partial charge in [-0.05, 0) is 38.1 Å². The molecule has 0 saturated heterocycles. The van der Waals surface area contributed by atoms with Crippen molar-refractivity contribution < 1.29 is 4.42 Å². The second kappa shape index (κ2) is 3.09. The lowest BCUT2D eigenvalue weighted by Gasteiger charge is -1.89. The van der Waals surface area contributed by atoms with E-state index >= 15 is 0 Å². The molecule has 0 saturated carbocycles. The molecule has 0 aliphatic rings. The molecule has 0 amide bonds. The molecular weight excluding hydrogens is 160 g/mol. The summed E-state index contributed by atoms with van der Waals surface area (Å²) in [5.41, 5.74) is 2.22. The van der Waals surface area contributed by atoms with E-state index < -0.39 is 0 Å². The Labute approximate surface area is 77.7 Å². The van der Waals surface area contributed by atoms with Crippen LogP contribution >= 0.6 is 0 Å². The summed E-state index contributed by atoms with van der Waals surface area (Å²) in [6, 6.07) is 8.26. The van der Waals surface area contributed by atoms with Crippen LogP contribution in [-0.2, 0) is 0 Å². The van der Waals surface area contributed by atoms with Gasteiger partial charge in [0.25, 0.3) is 0 Å². The van der Waals surface area contributed by atoms with Gasteiger partial charge in [0.05, 0.1) is 0 Å². The summed E-state index contributed by atoms with van der Waals surface area (Å²) in [6.07, 6.45) is 3.94. The van der Waals surface area contributed by atoms with Gasteiger partial charge in [0.15, 0.2) is 0 Å². The van der Waals surface area contributed by atoms with E-state index in [0.29, 0.717) is 0 Å². The largest absolute Gasteiger partial charge is 0.457 e. The van der Waals surface area contributed by atoms with Crippen molar-refractivity contribution in [3.05, 3.63) is 41.7 Å². The number of allylic oxidation sites excluding steroid dienone is 1. The molecule has 1 nitrogen and oxygen atoms in total. The van der Waals surface area contributed by atoms with Gasteiger partial charge in [-0.3, -0.25) is 0 Å². The van der Waals surface area contributed by atoms with Crippen LogP contribution in [0.5, 0.6) is 0 Å². The third-order valence-electron chi connectivity index (χ3n) is 2.02. The van der Waals surface area contributed by atoms with Crippen molar-refractivity contribution >= 4 is 17.0 Å². The van der Waals surface area contributed by atoms with Crippen molar-refractivity contribution in [2.45, 2.75) is 13.8 Å². The highest BCUT2D eigenvalue weighted by atomic mass is 16.3. The molecule has 0 unspecified atom stereocenters. The van der Waals surface area contributed by atoms with E-state index in [9.17, 15) is 0 Å². The van der Waals surface area contributed by atoms with Crippen LogP contribution in [0.25, 0.3) is 17.0 Å². The Morgan fingerprint density at radius 3 is 2.85 bits per heavy atom. The summed E-state index contributed by atoms with van der Waals surface area (Å²) < 4.78 is 5.58. The highest BCUT2D eigenvalue weighted by molar-refractivity contribution is 5.80. The smallest absolute Gasteiger partial charge is 0.134 e. The summed E-state index contributed by atoms with van der Waals surface area (Å²) in [7, 11) is 0. The van der Waals surface area contributed by atoms with Crippen LogP contribution in [0.15, 0.2) is 34.8 Å². The third-order valence-corrected chi connectivity index (χ3v) is 2.02. The topological polar surface area (TPSA) is 13.1 Å². The molecule has 2 rings (SSSR count). The molecule has 0 spiro atoms. The lowest BCUT2D eigenvalue weighted by Crippen LogP contribution is -1.67. The van der Waals surface area contributed by atoms with E-state index in [1.165, 1.54) is 10.9 Å². The molecule has 0 radical (unpaired) electrons. The summed E-state index contributed by atoms with van der Waals surface area (Å²) in [6.45, 7) is 4.07. The molecule has 0 N–H and O–H groups in total. The van der Waals surface area contributed by atoms with Gasteiger partial charge >= 0.3 is 0 Å². The van der Waals surface area contributed by atoms with Gasteiger partial charge in [0.2, 0.25) is 0 Å². The minimum Gasteiger partial charge on any atom is -0.457 e. The van der Waals surface area contributed by atoms with E-state index in [0.717, 1.165) is 11.3 Å². The normalized spacial score (nSPS) is 11.5. The van der Waals surface area contributed by atoms with E-state index in [2.05, 4.69) is 25.1 Å². The Balaban J connectivity index is 2.62. The van der Waals surface area contributed by atoms with Crippen LogP contribution in [0.3, 0.4) is 0 Å². The highest BCUT2D eigenvalue weighted by Crippen LogP contribution is 2.21. The van der Waals surface area contributed by atoms with Gasteiger partial charge in [-0.2, -0.15) is 0 Å². The summed E-state index contributed by atoms with van der Waals surface area (Å²) in [5.74, 6) is 0.920. The van der Waals surface area contributed by atoms with E-state index in [1.807, 2.05) is 25.1 Å². The SMILES string of the molecule is C/C=C/c1cc2cc(C)ccc2o1. The van der Waals surface area contributed by atoms with Crippen molar-refractivity contribution in [1.29, 1.82) is 0 Å². The van der Waals surface area contributed by atoms with Crippen LogP contribution in [0, 0.1) is 6.92 Å². The van der Waals surface area contributed by atoms with Crippen LogP contribution in [0.1, 0.15) is 18.2 Å². The van der Waals surface area contributed by atoms with Crippen LogP contribution < -0.4 is 0 Å².